The summed E-state index contributed by atoms with van der Waals surface area (Å²) in [5.74, 6) is 0.914. The summed E-state index contributed by atoms with van der Waals surface area (Å²) in [7, 11) is 0. The van der Waals surface area contributed by atoms with Crippen molar-refractivity contribution in [3.05, 3.63) is 34.3 Å². The van der Waals surface area contributed by atoms with Crippen LogP contribution in [0.2, 0.25) is 0 Å². The van der Waals surface area contributed by atoms with Gasteiger partial charge in [-0.15, -0.1) is 5.10 Å². The summed E-state index contributed by atoms with van der Waals surface area (Å²) in [6, 6.07) is 8.25. The normalized spacial score (nSPS) is 19.7. The zero-order valence-electron chi connectivity index (χ0n) is 9.97. The second-order valence-electron chi connectivity index (χ2n) is 4.42. The molecule has 0 atom stereocenters. The Morgan fingerprint density at radius 3 is 2.39 bits per heavy atom. The molecule has 3 rings (SSSR count). The molecule has 94 valence electrons. The summed E-state index contributed by atoms with van der Waals surface area (Å²) < 4.78 is 1.09. The average Bonchev–Trinajstić information content (AvgIpc) is 2.94. The number of halogens is 1. The Bertz CT molecular complexity index is 489. The van der Waals surface area contributed by atoms with Gasteiger partial charge in [0.1, 0.15) is 0 Å². The standard InChI is InChI=1S/C13H14BrN3S/c14-11-5-3-10(4-6-11)12-9-18-13(16-15-12)17-7-1-2-8-17/h3-6H,1-2,7-9H2. The van der Waals surface area contributed by atoms with Gasteiger partial charge in [0.25, 0.3) is 0 Å². The van der Waals surface area contributed by atoms with Crippen LogP contribution in [0.3, 0.4) is 0 Å². The first-order valence-corrected chi connectivity index (χ1v) is 7.89. The quantitative estimate of drug-likeness (QED) is 0.792. The minimum absolute atomic E-state index is 0.914. The molecule has 2 aliphatic heterocycles. The van der Waals surface area contributed by atoms with Crippen molar-refractivity contribution < 1.29 is 0 Å². The van der Waals surface area contributed by atoms with Gasteiger partial charge < -0.3 is 4.90 Å². The maximum atomic E-state index is 4.38. The number of rotatable bonds is 1. The fourth-order valence-corrected chi connectivity index (χ4v) is 3.36. The second-order valence-corrected chi connectivity index (χ2v) is 6.28. The second kappa shape index (κ2) is 5.45. The molecule has 0 radical (unpaired) electrons. The minimum Gasteiger partial charge on any atom is -0.350 e. The number of likely N-dealkylation sites (tertiary alicyclic amines) is 1. The van der Waals surface area contributed by atoms with E-state index in [9.17, 15) is 0 Å². The van der Waals surface area contributed by atoms with Crippen molar-refractivity contribution in [2.24, 2.45) is 10.2 Å². The van der Waals surface area contributed by atoms with Gasteiger partial charge in [-0.2, -0.15) is 5.10 Å². The number of hydrogen-bond acceptors (Lipinski definition) is 4. The molecule has 0 aliphatic carbocycles. The number of thioether (sulfide) groups is 1. The molecule has 3 nitrogen and oxygen atoms in total. The Hall–Kier alpha value is -0.810. The molecule has 0 saturated carbocycles. The SMILES string of the molecule is Brc1ccc(C2=NN=C(N3CCCC3)SC2)cc1. The first-order valence-electron chi connectivity index (χ1n) is 6.11. The van der Waals surface area contributed by atoms with Gasteiger partial charge >= 0.3 is 0 Å². The molecule has 0 bridgehead atoms. The van der Waals surface area contributed by atoms with Crippen molar-refractivity contribution >= 4 is 38.6 Å². The molecular weight excluding hydrogens is 310 g/mol. The molecule has 5 heteroatoms. The first-order chi connectivity index (χ1) is 8.83. The van der Waals surface area contributed by atoms with Crippen LogP contribution in [0.4, 0.5) is 0 Å². The predicted octanol–water partition coefficient (Wildman–Crippen LogP) is 3.35. The van der Waals surface area contributed by atoms with Crippen molar-refractivity contribution in [3.63, 3.8) is 0 Å². The van der Waals surface area contributed by atoms with Crippen LogP contribution in [0.5, 0.6) is 0 Å². The highest BCUT2D eigenvalue weighted by molar-refractivity contribution is 9.10. The molecule has 2 aliphatic rings. The summed E-state index contributed by atoms with van der Waals surface area (Å²) in [6.45, 7) is 2.27. The lowest BCUT2D eigenvalue weighted by Crippen LogP contribution is -2.27. The largest absolute Gasteiger partial charge is 0.350 e. The summed E-state index contributed by atoms with van der Waals surface area (Å²) in [5.41, 5.74) is 2.23. The molecule has 2 heterocycles. The lowest BCUT2D eigenvalue weighted by Gasteiger charge is -2.20. The maximum Gasteiger partial charge on any atom is 0.186 e. The van der Waals surface area contributed by atoms with Gasteiger partial charge in [0, 0.05) is 23.3 Å². The maximum absolute atomic E-state index is 4.38. The van der Waals surface area contributed by atoms with E-state index in [1.54, 1.807) is 11.8 Å². The summed E-state index contributed by atoms with van der Waals surface area (Å²) in [4.78, 5) is 2.34. The topological polar surface area (TPSA) is 28.0 Å². The van der Waals surface area contributed by atoms with E-state index in [0.717, 1.165) is 39.8 Å². The van der Waals surface area contributed by atoms with Crippen LogP contribution in [0, 0.1) is 0 Å². The summed E-state index contributed by atoms with van der Waals surface area (Å²) in [5, 5.41) is 9.85. The molecule has 1 aromatic rings. The molecule has 18 heavy (non-hydrogen) atoms. The van der Waals surface area contributed by atoms with E-state index in [0.29, 0.717) is 0 Å². The van der Waals surface area contributed by atoms with Crippen molar-refractivity contribution in [1.29, 1.82) is 0 Å². The van der Waals surface area contributed by atoms with Gasteiger partial charge in [-0.1, -0.05) is 39.8 Å². The van der Waals surface area contributed by atoms with Crippen LogP contribution >= 0.6 is 27.7 Å². The van der Waals surface area contributed by atoms with Gasteiger partial charge in [0.05, 0.1) is 5.71 Å². The van der Waals surface area contributed by atoms with E-state index >= 15 is 0 Å². The number of nitrogens with zero attached hydrogens (tertiary/aromatic N) is 3. The van der Waals surface area contributed by atoms with Crippen molar-refractivity contribution in [2.45, 2.75) is 12.8 Å². The van der Waals surface area contributed by atoms with Crippen LogP contribution in [0.1, 0.15) is 18.4 Å². The van der Waals surface area contributed by atoms with Gasteiger partial charge in [-0.25, -0.2) is 0 Å². The number of amidine groups is 1. The zero-order valence-corrected chi connectivity index (χ0v) is 12.4. The fourth-order valence-electron chi connectivity index (χ4n) is 2.14. The molecular formula is C13H14BrN3S. The smallest absolute Gasteiger partial charge is 0.186 e. The predicted molar refractivity (Wildman–Crippen MR) is 81.4 cm³/mol. The van der Waals surface area contributed by atoms with E-state index in [4.69, 9.17) is 0 Å². The van der Waals surface area contributed by atoms with Crippen LogP contribution in [0.15, 0.2) is 38.9 Å². The monoisotopic (exact) mass is 323 g/mol. The third-order valence-electron chi connectivity index (χ3n) is 3.15. The van der Waals surface area contributed by atoms with E-state index in [1.807, 2.05) is 12.1 Å². The molecule has 0 spiro atoms. The molecule has 1 fully saturated rings. The first kappa shape index (κ1) is 12.2. The van der Waals surface area contributed by atoms with E-state index in [-0.39, 0.29) is 0 Å². The van der Waals surface area contributed by atoms with Gasteiger partial charge in [0.15, 0.2) is 5.17 Å². The van der Waals surface area contributed by atoms with Gasteiger partial charge in [-0.05, 0) is 30.5 Å². The number of benzene rings is 1. The molecule has 1 saturated heterocycles. The lowest BCUT2D eigenvalue weighted by atomic mass is 10.1. The van der Waals surface area contributed by atoms with Crippen LogP contribution < -0.4 is 0 Å². The molecule has 0 unspecified atom stereocenters. The highest BCUT2D eigenvalue weighted by Gasteiger charge is 2.20. The summed E-state index contributed by atoms with van der Waals surface area (Å²) >= 11 is 5.25. The molecule has 0 amide bonds. The summed E-state index contributed by atoms with van der Waals surface area (Å²) in [6.07, 6.45) is 2.56. The minimum atomic E-state index is 0.914. The van der Waals surface area contributed by atoms with Crippen molar-refractivity contribution in [2.75, 3.05) is 18.8 Å². The third kappa shape index (κ3) is 2.62. The number of hydrogen-bond donors (Lipinski definition) is 0. The van der Waals surface area contributed by atoms with E-state index < -0.39 is 0 Å². The highest BCUT2D eigenvalue weighted by atomic mass is 79.9. The molecule has 0 N–H and O–H groups in total. The molecule has 0 aromatic heterocycles. The Kier molecular flexibility index (Phi) is 3.70. The van der Waals surface area contributed by atoms with E-state index in [1.165, 1.54) is 12.8 Å². The third-order valence-corrected chi connectivity index (χ3v) is 4.69. The Morgan fingerprint density at radius 1 is 1.06 bits per heavy atom. The Balaban J connectivity index is 1.77. The van der Waals surface area contributed by atoms with Crippen molar-refractivity contribution in [1.82, 2.24) is 4.90 Å². The Labute approximate surface area is 119 Å². The van der Waals surface area contributed by atoms with Gasteiger partial charge in [-0.3, -0.25) is 0 Å². The lowest BCUT2D eigenvalue weighted by molar-refractivity contribution is 0.528. The average molecular weight is 324 g/mol. The van der Waals surface area contributed by atoms with Crippen molar-refractivity contribution in [3.8, 4) is 0 Å². The van der Waals surface area contributed by atoms with E-state index in [2.05, 4.69) is 43.2 Å². The van der Waals surface area contributed by atoms with Crippen LogP contribution in [0.25, 0.3) is 0 Å². The highest BCUT2D eigenvalue weighted by Crippen LogP contribution is 2.22. The van der Waals surface area contributed by atoms with Crippen LogP contribution in [-0.4, -0.2) is 34.6 Å². The molecule has 1 aromatic carbocycles. The zero-order chi connectivity index (χ0) is 12.4. The fraction of sp³-hybridized carbons (Fsp3) is 0.385. The Morgan fingerprint density at radius 2 is 1.78 bits per heavy atom. The van der Waals surface area contributed by atoms with Gasteiger partial charge in [0.2, 0.25) is 0 Å². The van der Waals surface area contributed by atoms with Crippen LogP contribution in [-0.2, 0) is 0 Å².